The molecule has 6 heteroatoms. The molecule has 0 radical (unpaired) electrons. The fourth-order valence-electron chi connectivity index (χ4n) is 2.94. The van der Waals surface area contributed by atoms with Crippen molar-refractivity contribution < 1.29 is 14.0 Å². The second kappa shape index (κ2) is 9.22. The summed E-state index contributed by atoms with van der Waals surface area (Å²) in [4.78, 5) is 27.2. The molecule has 3 aromatic rings. The van der Waals surface area contributed by atoms with Crippen molar-refractivity contribution in [2.24, 2.45) is 0 Å². The van der Waals surface area contributed by atoms with Crippen LogP contribution in [0.2, 0.25) is 0 Å². The summed E-state index contributed by atoms with van der Waals surface area (Å²) in [5.74, 6) is -1.46. The van der Waals surface area contributed by atoms with E-state index in [1.54, 1.807) is 24.3 Å². The molecule has 0 aliphatic heterocycles. The van der Waals surface area contributed by atoms with Crippen LogP contribution in [0.5, 0.6) is 0 Å². The van der Waals surface area contributed by atoms with Crippen LogP contribution >= 0.6 is 0 Å². The summed E-state index contributed by atoms with van der Waals surface area (Å²) >= 11 is 0. The predicted octanol–water partition coefficient (Wildman–Crippen LogP) is 5.09. The SMILES string of the molecule is CCN(C)c1cccc(NC(=O)c2ccc(C)c(NC(=O)c3ccccc3F)c2)c1. The van der Waals surface area contributed by atoms with Crippen molar-refractivity contribution in [1.82, 2.24) is 0 Å². The van der Waals surface area contributed by atoms with Crippen LogP contribution in [0.15, 0.2) is 66.7 Å². The molecule has 0 saturated carbocycles. The quantitative estimate of drug-likeness (QED) is 0.600. The van der Waals surface area contributed by atoms with E-state index in [1.165, 1.54) is 18.2 Å². The van der Waals surface area contributed by atoms with Gasteiger partial charge in [-0.05, 0) is 61.9 Å². The fraction of sp³-hybridized carbons (Fsp3) is 0.167. The van der Waals surface area contributed by atoms with Crippen molar-refractivity contribution in [2.45, 2.75) is 13.8 Å². The first kappa shape index (κ1) is 21.0. The molecule has 3 aromatic carbocycles. The maximum absolute atomic E-state index is 13.9. The van der Waals surface area contributed by atoms with E-state index in [2.05, 4.69) is 22.5 Å². The van der Waals surface area contributed by atoms with Crippen LogP contribution in [0.1, 0.15) is 33.2 Å². The molecule has 3 rings (SSSR count). The summed E-state index contributed by atoms with van der Waals surface area (Å²) in [5, 5.41) is 5.57. The highest BCUT2D eigenvalue weighted by atomic mass is 19.1. The molecule has 0 bridgehead atoms. The van der Waals surface area contributed by atoms with Crippen molar-refractivity contribution >= 4 is 28.9 Å². The van der Waals surface area contributed by atoms with Gasteiger partial charge in [-0.15, -0.1) is 0 Å². The third kappa shape index (κ3) is 4.84. The Morgan fingerprint density at radius 2 is 1.70 bits per heavy atom. The average Bonchev–Trinajstić information content (AvgIpc) is 2.75. The predicted molar refractivity (Wildman–Crippen MR) is 119 cm³/mol. The molecule has 0 aromatic heterocycles. The normalized spacial score (nSPS) is 10.4. The fourth-order valence-corrected chi connectivity index (χ4v) is 2.94. The Balaban J connectivity index is 1.78. The van der Waals surface area contributed by atoms with Crippen molar-refractivity contribution in [1.29, 1.82) is 0 Å². The molecule has 0 aliphatic rings. The first-order valence-corrected chi connectivity index (χ1v) is 9.68. The third-order valence-corrected chi connectivity index (χ3v) is 4.89. The van der Waals surface area contributed by atoms with E-state index >= 15 is 0 Å². The molecule has 0 unspecified atom stereocenters. The number of rotatable bonds is 6. The van der Waals surface area contributed by atoms with Crippen molar-refractivity contribution in [3.8, 4) is 0 Å². The van der Waals surface area contributed by atoms with Gasteiger partial charge in [0.1, 0.15) is 5.82 Å². The van der Waals surface area contributed by atoms with Gasteiger partial charge in [0.05, 0.1) is 5.56 Å². The van der Waals surface area contributed by atoms with Gasteiger partial charge in [-0.3, -0.25) is 9.59 Å². The summed E-state index contributed by atoms with van der Waals surface area (Å²) in [6, 6.07) is 18.4. The number of nitrogens with zero attached hydrogens (tertiary/aromatic N) is 1. The van der Waals surface area contributed by atoms with E-state index in [-0.39, 0.29) is 11.5 Å². The highest BCUT2D eigenvalue weighted by Crippen LogP contribution is 2.22. The molecule has 2 N–H and O–H groups in total. The Labute approximate surface area is 175 Å². The molecule has 5 nitrogen and oxygen atoms in total. The third-order valence-electron chi connectivity index (χ3n) is 4.89. The number of hydrogen-bond acceptors (Lipinski definition) is 3. The molecule has 0 aliphatic carbocycles. The zero-order valence-electron chi connectivity index (χ0n) is 17.2. The van der Waals surface area contributed by atoms with Crippen LogP contribution in [0.3, 0.4) is 0 Å². The van der Waals surface area contributed by atoms with Crippen molar-refractivity contribution in [3.63, 3.8) is 0 Å². The molecule has 0 spiro atoms. The number of aryl methyl sites for hydroxylation is 1. The first-order chi connectivity index (χ1) is 14.4. The van der Waals surface area contributed by atoms with E-state index in [1.807, 2.05) is 38.2 Å². The molecule has 0 saturated heterocycles. The number of hydrogen-bond donors (Lipinski definition) is 2. The first-order valence-electron chi connectivity index (χ1n) is 9.68. The van der Waals surface area contributed by atoms with Crippen LogP contribution < -0.4 is 15.5 Å². The van der Waals surface area contributed by atoms with Gasteiger partial charge in [-0.2, -0.15) is 0 Å². The number of halogens is 1. The van der Waals surface area contributed by atoms with Crippen LogP contribution in [0.4, 0.5) is 21.5 Å². The maximum atomic E-state index is 13.9. The van der Waals surface area contributed by atoms with Crippen molar-refractivity contribution in [3.05, 3.63) is 89.2 Å². The molecular formula is C24H24FN3O2. The average molecular weight is 405 g/mol. The second-order valence-corrected chi connectivity index (χ2v) is 6.98. The largest absolute Gasteiger partial charge is 0.375 e. The molecule has 154 valence electrons. The Hall–Kier alpha value is -3.67. The molecular weight excluding hydrogens is 381 g/mol. The number of amides is 2. The van der Waals surface area contributed by atoms with Crippen LogP contribution in [0.25, 0.3) is 0 Å². The minimum atomic E-state index is -0.599. The zero-order chi connectivity index (χ0) is 21.7. The van der Waals surface area contributed by atoms with Gasteiger partial charge in [-0.25, -0.2) is 4.39 Å². The second-order valence-electron chi connectivity index (χ2n) is 6.98. The van der Waals surface area contributed by atoms with E-state index < -0.39 is 11.7 Å². The maximum Gasteiger partial charge on any atom is 0.258 e. The van der Waals surface area contributed by atoms with Gasteiger partial charge in [-0.1, -0.05) is 24.3 Å². The van der Waals surface area contributed by atoms with E-state index in [0.29, 0.717) is 16.9 Å². The van der Waals surface area contributed by atoms with Gasteiger partial charge in [0.2, 0.25) is 0 Å². The standard InChI is InChI=1S/C24H24FN3O2/c1-4-28(3)19-9-7-8-18(15-19)26-23(29)17-13-12-16(2)22(14-17)27-24(30)20-10-5-6-11-21(20)25/h5-15H,4H2,1-3H3,(H,26,29)(H,27,30). The highest BCUT2D eigenvalue weighted by Gasteiger charge is 2.14. The van der Waals surface area contributed by atoms with Gasteiger partial charge >= 0.3 is 0 Å². The Morgan fingerprint density at radius 3 is 2.43 bits per heavy atom. The number of nitrogens with one attached hydrogen (secondary N) is 2. The van der Waals surface area contributed by atoms with Gasteiger partial charge in [0.25, 0.3) is 11.8 Å². The Kier molecular flexibility index (Phi) is 6.47. The van der Waals surface area contributed by atoms with E-state index in [4.69, 9.17) is 0 Å². The minimum absolute atomic E-state index is 0.0522. The molecule has 0 atom stereocenters. The lowest BCUT2D eigenvalue weighted by Gasteiger charge is -2.18. The molecule has 0 fully saturated rings. The number of carbonyl (C=O) groups is 2. The van der Waals surface area contributed by atoms with Gasteiger partial charge in [0.15, 0.2) is 0 Å². The topological polar surface area (TPSA) is 61.4 Å². The Bertz CT molecular complexity index is 1080. The molecule has 2 amide bonds. The van der Waals surface area contributed by atoms with Crippen LogP contribution in [0, 0.1) is 12.7 Å². The van der Waals surface area contributed by atoms with Gasteiger partial charge in [0, 0.05) is 36.2 Å². The minimum Gasteiger partial charge on any atom is -0.375 e. The lowest BCUT2D eigenvalue weighted by Crippen LogP contribution is -2.17. The van der Waals surface area contributed by atoms with E-state index in [9.17, 15) is 14.0 Å². The van der Waals surface area contributed by atoms with Crippen LogP contribution in [-0.2, 0) is 0 Å². The Morgan fingerprint density at radius 1 is 0.933 bits per heavy atom. The van der Waals surface area contributed by atoms with Crippen LogP contribution in [-0.4, -0.2) is 25.4 Å². The zero-order valence-corrected chi connectivity index (χ0v) is 17.2. The monoisotopic (exact) mass is 405 g/mol. The number of carbonyl (C=O) groups excluding carboxylic acids is 2. The molecule has 30 heavy (non-hydrogen) atoms. The lowest BCUT2D eigenvalue weighted by atomic mass is 10.1. The van der Waals surface area contributed by atoms with Gasteiger partial charge < -0.3 is 15.5 Å². The number of anilines is 3. The lowest BCUT2D eigenvalue weighted by molar-refractivity contribution is 0.101. The highest BCUT2D eigenvalue weighted by molar-refractivity contribution is 6.08. The van der Waals surface area contributed by atoms with E-state index in [0.717, 1.165) is 17.8 Å². The summed E-state index contributed by atoms with van der Waals surface area (Å²) in [6.45, 7) is 4.71. The van der Waals surface area contributed by atoms with Crippen molar-refractivity contribution in [2.75, 3.05) is 29.1 Å². The summed E-state index contributed by atoms with van der Waals surface area (Å²) in [6.07, 6.45) is 0. The summed E-state index contributed by atoms with van der Waals surface area (Å²) in [7, 11) is 1.98. The smallest absolute Gasteiger partial charge is 0.258 e. The summed E-state index contributed by atoms with van der Waals surface area (Å²) in [5.41, 5.74) is 3.23. The molecule has 0 heterocycles. The number of benzene rings is 3. The summed E-state index contributed by atoms with van der Waals surface area (Å²) < 4.78 is 13.9.